The predicted molar refractivity (Wildman–Crippen MR) is 58.0 cm³/mol. The van der Waals surface area contributed by atoms with Crippen LogP contribution in [0.4, 0.5) is 5.69 Å². The van der Waals surface area contributed by atoms with E-state index in [-0.39, 0.29) is 6.04 Å². The van der Waals surface area contributed by atoms with Gasteiger partial charge in [-0.15, -0.1) is 0 Å². The molecule has 1 unspecified atom stereocenters. The SMILES string of the molecule is CC(N=Nc1ccccc1)c1ccn[nH]1. The summed E-state index contributed by atoms with van der Waals surface area (Å²) in [5, 5.41) is 15.1. The molecule has 15 heavy (non-hydrogen) atoms. The first-order valence-corrected chi connectivity index (χ1v) is 4.81. The molecule has 1 N–H and O–H groups in total. The van der Waals surface area contributed by atoms with Crippen LogP contribution in [0.25, 0.3) is 0 Å². The summed E-state index contributed by atoms with van der Waals surface area (Å²) in [4.78, 5) is 0. The third-order valence-corrected chi connectivity index (χ3v) is 2.07. The molecule has 1 atom stereocenters. The van der Waals surface area contributed by atoms with Crippen molar-refractivity contribution >= 4 is 5.69 Å². The van der Waals surface area contributed by atoms with Crippen LogP contribution in [0.2, 0.25) is 0 Å². The second-order valence-corrected chi connectivity index (χ2v) is 3.24. The highest BCUT2D eigenvalue weighted by Gasteiger charge is 2.03. The molecule has 1 aromatic carbocycles. The van der Waals surface area contributed by atoms with Crippen LogP contribution >= 0.6 is 0 Å². The number of nitrogens with one attached hydrogen (secondary N) is 1. The van der Waals surface area contributed by atoms with Crippen molar-refractivity contribution in [2.45, 2.75) is 13.0 Å². The van der Waals surface area contributed by atoms with Crippen molar-refractivity contribution in [1.29, 1.82) is 0 Å². The van der Waals surface area contributed by atoms with Crippen LogP contribution in [-0.4, -0.2) is 10.2 Å². The molecule has 0 saturated carbocycles. The van der Waals surface area contributed by atoms with E-state index in [4.69, 9.17) is 0 Å². The molecular formula is C11H12N4. The Balaban J connectivity index is 2.06. The Morgan fingerprint density at radius 1 is 1.20 bits per heavy atom. The van der Waals surface area contributed by atoms with E-state index >= 15 is 0 Å². The average molecular weight is 200 g/mol. The van der Waals surface area contributed by atoms with Crippen molar-refractivity contribution in [1.82, 2.24) is 10.2 Å². The van der Waals surface area contributed by atoms with Crippen LogP contribution in [0.15, 0.2) is 52.8 Å². The highest BCUT2D eigenvalue weighted by Crippen LogP contribution is 2.17. The molecule has 2 aromatic rings. The van der Waals surface area contributed by atoms with E-state index in [1.54, 1.807) is 6.20 Å². The quantitative estimate of drug-likeness (QED) is 0.759. The monoisotopic (exact) mass is 200 g/mol. The summed E-state index contributed by atoms with van der Waals surface area (Å²) in [5.41, 5.74) is 1.83. The summed E-state index contributed by atoms with van der Waals surface area (Å²) in [5.74, 6) is 0. The first-order valence-electron chi connectivity index (χ1n) is 4.81. The zero-order valence-corrected chi connectivity index (χ0v) is 8.46. The summed E-state index contributed by atoms with van der Waals surface area (Å²) in [6, 6.07) is 11.6. The normalized spacial score (nSPS) is 13.1. The minimum absolute atomic E-state index is 0.00714. The number of H-pyrrole nitrogens is 1. The van der Waals surface area contributed by atoms with Crippen molar-refractivity contribution in [3.05, 3.63) is 48.3 Å². The molecule has 0 aliphatic heterocycles. The molecular weight excluding hydrogens is 188 g/mol. The van der Waals surface area contributed by atoms with E-state index in [2.05, 4.69) is 20.4 Å². The molecule has 0 radical (unpaired) electrons. The number of hydrogen-bond donors (Lipinski definition) is 1. The van der Waals surface area contributed by atoms with Crippen LogP contribution in [-0.2, 0) is 0 Å². The maximum atomic E-state index is 4.19. The summed E-state index contributed by atoms with van der Waals surface area (Å²) < 4.78 is 0. The maximum Gasteiger partial charge on any atom is 0.110 e. The summed E-state index contributed by atoms with van der Waals surface area (Å²) in [6.45, 7) is 1.97. The van der Waals surface area contributed by atoms with Crippen molar-refractivity contribution in [2.75, 3.05) is 0 Å². The zero-order valence-electron chi connectivity index (χ0n) is 8.46. The zero-order chi connectivity index (χ0) is 10.5. The molecule has 0 fully saturated rings. The fourth-order valence-electron chi connectivity index (χ4n) is 1.21. The average Bonchev–Trinajstić information content (AvgIpc) is 2.81. The van der Waals surface area contributed by atoms with E-state index in [1.165, 1.54) is 0 Å². The smallest absolute Gasteiger partial charge is 0.110 e. The maximum absolute atomic E-state index is 4.19. The highest BCUT2D eigenvalue weighted by molar-refractivity contribution is 5.34. The number of aromatic amines is 1. The number of rotatable bonds is 3. The third-order valence-electron chi connectivity index (χ3n) is 2.07. The van der Waals surface area contributed by atoms with Gasteiger partial charge in [-0.25, -0.2) is 0 Å². The largest absolute Gasteiger partial charge is 0.280 e. The number of benzene rings is 1. The Kier molecular flexibility index (Phi) is 2.88. The van der Waals surface area contributed by atoms with E-state index in [1.807, 2.05) is 43.3 Å². The first kappa shape index (κ1) is 9.58. The Morgan fingerprint density at radius 3 is 2.67 bits per heavy atom. The third kappa shape index (κ3) is 2.49. The molecule has 76 valence electrons. The minimum Gasteiger partial charge on any atom is -0.280 e. The molecule has 0 spiro atoms. The Labute approximate surface area is 88.1 Å². The fourth-order valence-corrected chi connectivity index (χ4v) is 1.21. The number of nitrogens with zero attached hydrogens (tertiary/aromatic N) is 3. The van der Waals surface area contributed by atoms with Crippen molar-refractivity contribution in [3.63, 3.8) is 0 Å². The highest BCUT2D eigenvalue weighted by atomic mass is 15.2. The molecule has 0 aliphatic carbocycles. The fraction of sp³-hybridized carbons (Fsp3) is 0.182. The van der Waals surface area contributed by atoms with Crippen molar-refractivity contribution in [2.24, 2.45) is 10.2 Å². The molecule has 0 amide bonds. The van der Waals surface area contributed by atoms with Gasteiger partial charge < -0.3 is 0 Å². The van der Waals surface area contributed by atoms with Gasteiger partial charge in [0.2, 0.25) is 0 Å². The predicted octanol–water partition coefficient (Wildman–Crippen LogP) is 3.25. The number of hydrogen-bond acceptors (Lipinski definition) is 3. The summed E-state index contributed by atoms with van der Waals surface area (Å²) in [6.07, 6.45) is 1.71. The minimum atomic E-state index is 0.00714. The lowest BCUT2D eigenvalue weighted by Crippen LogP contribution is -1.88. The molecule has 4 heteroatoms. The van der Waals surface area contributed by atoms with Crippen LogP contribution in [0.5, 0.6) is 0 Å². The lowest BCUT2D eigenvalue weighted by molar-refractivity contribution is 0.729. The standard InChI is InChI=1S/C11H12N4/c1-9(11-7-8-12-15-11)13-14-10-5-3-2-4-6-10/h2-9H,1H3,(H,12,15). The van der Waals surface area contributed by atoms with Crippen LogP contribution in [0.3, 0.4) is 0 Å². The second kappa shape index (κ2) is 4.50. The summed E-state index contributed by atoms with van der Waals surface area (Å²) >= 11 is 0. The number of azo groups is 1. The van der Waals surface area contributed by atoms with E-state index in [0.29, 0.717) is 0 Å². The van der Waals surface area contributed by atoms with Gasteiger partial charge in [-0.1, -0.05) is 18.2 Å². The Hall–Kier alpha value is -1.97. The van der Waals surface area contributed by atoms with Gasteiger partial charge in [0.05, 0.1) is 11.4 Å². The molecule has 0 bridgehead atoms. The van der Waals surface area contributed by atoms with Gasteiger partial charge in [-0.05, 0) is 25.1 Å². The molecule has 1 heterocycles. The molecule has 2 rings (SSSR count). The van der Waals surface area contributed by atoms with Gasteiger partial charge >= 0.3 is 0 Å². The second-order valence-electron chi connectivity index (χ2n) is 3.24. The van der Waals surface area contributed by atoms with Gasteiger partial charge in [0.25, 0.3) is 0 Å². The molecule has 1 aromatic heterocycles. The van der Waals surface area contributed by atoms with Gasteiger partial charge in [0.15, 0.2) is 0 Å². The lowest BCUT2D eigenvalue weighted by atomic mass is 10.3. The van der Waals surface area contributed by atoms with E-state index < -0.39 is 0 Å². The molecule has 0 saturated heterocycles. The molecule has 4 nitrogen and oxygen atoms in total. The van der Waals surface area contributed by atoms with Gasteiger partial charge in [0.1, 0.15) is 6.04 Å². The lowest BCUT2D eigenvalue weighted by Gasteiger charge is -1.99. The van der Waals surface area contributed by atoms with Gasteiger partial charge in [-0.2, -0.15) is 15.3 Å². The van der Waals surface area contributed by atoms with Crippen LogP contribution in [0, 0.1) is 0 Å². The van der Waals surface area contributed by atoms with Crippen molar-refractivity contribution < 1.29 is 0 Å². The Bertz CT molecular complexity index is 419. The van der Waals surface area contributed by atoms with Gasteiger partial charge in [0, 0.05) is 6.20 Å². The van der Waals surface area contributed by atoms with Gasteiger partial charge in [-0.3, -0.25) is 5.10 Å². The Morgan fingerprint density at radius 2 is 2.00 bits per heavy atom. The van der Waals surface area contributed by atoms with E-state index in [9.17, 15) is 0 Å². The molecule has 0 aliphatic rings. The van der Waals surface area contributed by atoms with Crippen LogP contribution in [0.1, 0.15) is 18.7 Å². The first-order chi connectivity index (χ1) is 7.36. The van der Waals surface area contributed by atoms with Crippen molar-refractivity contribution in [3.8, 4) is 0 Å². The number of aromatic nitrogens is 2. The van der Waals surface area contributed by atoms with E-state index in [0.717, 1.165) is 11.4 Å². The van der Waals surface area contributed by atoms with Crippen LogP contribution < -0.4 is 0 Å². The summed E-state index contributed by atoms with van der Waals surface area (Å²) in [7, 11) is 0. The topological polar surface area (TPSA) is 53.4 Å².